The van der Waals surface area contributed by atoms with Crippen LogP contribution in [0.2, 0.25) is 0 Å². The molecule has 188 valence electrons. The standard InChI is InChI=1S/C30H31N5OS/c1-4-22-13-15-24(16-14-22)35-20(2)18-25(21(35)3)29-28(26-12-8-9-17-31-26)33-30(37)34(29)19-27(36)32-23-10-6-5-7-11-23/h5-18,28-29H,4,19H2,1-3H3,(H,32,36)(H,33,37)/t28-,29-/m0/s1. The molecule has 1 amide bonds. The Bertz CT molecular complexity index is 1400. The van der Waals surface area contributed by atoms with Gasteiger partial charge in [-0.2, -0.15) is 0 Å². The smallest absolute Gasteiger partial charge is 0.244 e. The van der Waals surface area contributed by atoms with E-state index in [1.54, 1.807) is 6.20 Å². The van der Waals surface area contributed by atoms with Crippen LogP contribution in [0.4, 0.5) is 5.69 Å². The number of aryl methyl sites for hydroxylation is 2. The van der Waals surface area contributed by atoms with Gasteiger partial charge >= 0.3 is 0 Å². The first-order chi connectivity index (χ1) is 18.0. The molecule has 2 N–H and O–H groups in total. The quantitative estimate of drug-likeness (QED) is 0.315. The Kier molecular flexibility index (Phi) is 7.06. The van der Waals surface area contributed by atoms with Crippen LogP contribution in [-0.4, -0.2) is 32.0 Å². The highest BCUT2D eigenvalue weighted by atomic mass is 32.1. The molecule has 37 heavy (non-hydrogen) atoms. The lowest BCUT2D eigenvalue weighted by atomic mass is 9.96. The van der Waals surface area contributed by atoms with Crippen molar-refractivity contribution in [3.63, 3.8) is 0 Å². The van der Waals surface area contributed by atoms with Gasteiger partial charge in [0.2, 0.25) is 5.91 Å². The Morgan fingerprint density at radius 2 is 1.76 bits per heavy atom. The molecule has 5 rings (SSSR count). The molecule has 2 atom stereocenters. The van der Waals surface area contributed by atoms with E-state index in [2.05, 4.69) is 71.3 Å². The summed E-state index contributed by atoms with van der Waals surface area (Å²) in [6.07, 6.45) is 2.80. The number of para-hydroxylation sites is 1. The van der Waals surface area contributed by atoms with E-state index >= 15 is 0 Å². The van der Waals surface area contributed by atoms with Crippen LogP contribution >= 0.6 is 12.2 Å². The van der Waals surface area contributed by atoms with Gasteiger partial charge in [0.1, 0.15) is 6.54 Å². The molecule has 0 radical (unpaired) electrons. The third-order valence-corrected chi connectivity index (χ3v) is 7.31. The minimum Gasteiger partial charge on any atom is -0.352 e. The summed E-state index contributed by atoms with van der Waals surface area (Å²) in [7, 11) is 0. The molecular weight excluding hydrogens is 478 g/mol. The largest absolute Gasteiger partial charge is 0.352 e. The molecule has 0 bridgehead atoms. The molecule has 2 aromatic heterocycles. The van der Waals surface area contributed by atoms with Gasteiger partial charge in [-0.15, -0.1) is 0 Å². The molecule has 2 aromatic carbocycles. The minimum atomic E-state index is -0.196. The SMILES string of the molecule is CCc1ccc(-n2c(C)cc([C@H]3[C@H](c4ccccn4)NC(=S)N3CC(=O)Nc3ccccc3)c2C)cc1. The van der Waals surface area contributed by atoms with Crippen LogP contribution < -0.4 is 10.6 Å². The highest BCUT2D eigenvalue weighted by Crippen LogP contribution is 2.41. The lowest BCUT2D eigenvalue weighted by Crippen LogP contribution is -2.37. The summed E-state index contributed by atoms with van der Waals surface area (Å²) in [5.74, 6) is -0.119. The van der Waals surface area contributed by atoms with E-state index in [-0.39, 0.29) is 24.5 Å². The van der Waals surface area contributed by atoms with Crippen LogP contribution in [0.5, 0.6) is 0 Å². The Labute approximate surface area is 223 Å². The zero-order chi connectivity index (χ0) is 25.9. The number of thiocarbonyl (C=S) groups is 1. The molecule has 1 saturated heterocycles. The van der Waals surface area contributed by atoms with Gasteiger partial charge in [0.25, 0.3) is 0 Å². The zero-order valence-corrected chi connectivity index (χ0v) is 22.1. The van der Waals surface area contributed by atoms with Crippen molar-refractivity contribution in [3.8, 4) is 5.69 Å². The van der Waals surface area contributed by atoms with Crippen molar-refractivity contribution in [2.75, 3.05) is 11.9 Å². The summed E-state index contributed by atoms with van der Waals surface area (Å²) in [6, 6.07) is 25.9. The van der Waals surface area contributed by atoms with E-state index in [1.165, 1.54) is 5.56 Å². The van der Waals surface area contributed by atoms with Crippen LogP contribution in [0.1, 0.15) is 47.2 Å². The van der Waals surface area contributed by atoms with E-state index < -0.39 is 0 Å². The van der Waals surface area contributed by atoms with Gasteiger partial charge in [0, 0.05) is 29.0 Å². The van der Waals surface area contributed by atoms with Gasteiger partial charge in [-0.1, -0.05) is 43.3 Å². The topological polar surface area (TPSA) is 62.2 Å². The van der Waals surface area contributed by atoms with Gasteiger partial charge in [-0.3, -0.25) is 9.78 Å². The molecule has 3 heterocycles. The molecule has 0 saturated carbocycles. The highest BCUT2D eigenvalue weighted by Gasteiger charge is 2.42. The molecule has 1 aliphatic rings. The summed E-state index contributed by atoms with van der Waals surface area (Å²) in [6.45, 7) is 6.54. The molecule has 6 nitrogen and oxygen atoms in total. The predicted molar refractivity (Wildman–Crippen MR) is 152 cm³/mol. The number of anilines is 1. The molecular formula is C30H31N5OS. The third kappa shape index (κ3) is 5.00. The molecule has 4 aromatic rings. The summed E-state index contributed by atoms with van der Waals surface area (Å²) < 4.78 is 2.27. The number of benzene rings is 2. The summed E-state index contributed by atoms with van der Waals surface area (Å²) >= 11 is 5.78. The number of nitrogens with one attached hydrogen (secondary N) is 2. The van der Waals surface area contributed by atoms with E-state index in [1.807, 2.05) is 53.4 Å². The summed E-state index contributed by atoms with van der Waals surface area (Å²) in [4.78, 5) is 19.7. The number of rotatable bonds is 7. The molecule has 1 aliphatic heterocycles. The number of aromatic nitrogens is 2. The van der Waals surface area contributed by atoms with Crippen molar-refractivity contribution in [3.05, 3.63) is 113 Å². The number of amides is 1. The fraction of sp³-hybridized carbons (Fsp3) is 0.233. The fourth-order valence-corrected chi connectivity index (χ4v) is 5.46. The van der Waals surface area contributed by atoms with Gasteiger partial charge in [0.15, 0.2) is 5.11 Å². The van der Waals surface area contributed by atoms with Gasteiger partial charge in [-0.25, -0.2) is 0 Å². The molecule has 0 aliphatic carbocycles. The average Bonchev–Trinajstić information content (AvgIpc) is 3.39. The van der Waals surface area contributed by atoms with Crippen molar-refractivity contribution in [1.82, 2.24) is 19.8 Å². The third-order valence-electron chi connectivity index (χ3n) is 6.96. The van der Waals surface area contributed by atoms with Crippen LogP contribution in [-0.2, 0) is 11.2 Å². The van der Waals surface area contributed by atoms with Crippen LogP contribution in [0.15, 0.2) is 85.1 Å². The normalized spacial score (nSPS) is 17.1. The van der Waals surface area contributed by atoms with E-state index in [4.69, 9.17) is 12.2 Å². The van der Waals surface area contributed by atoms with Crippen molar-refractivity contribution in [1.29, 1.82) is 0 Å². The fourth-order valence-electron chi connectivity index (χ4n) is 5.16. The van der Waals surface area contributed by atoms with E-state index in [0.717, 1.165) is 40.4 Å². The second-order valence-electron chi connectivity index (χ2n) is 9.35. The summed E-state index contributed by atoms with van der Waals surface area (Å²) in [5.41, 5.74) is 7.44. The van der Waals surface area contributed by atoms with Crippen LogP contribution in [0, 0.1) is 13.8 Å². The number of carbonyl (C=O) groups is 1. The monoisotopic (exact) mass is 509 g/mol. The van der Waals surface area contributed by atoms with Crippen LogP contribution in [0.3, 0.4) is 0 Å². The first kappa shape index (κ1) is 24.7. The summed E-state index contributed by atoms with van der Waals surface area (Å²) in [5, 5.41) is 6.99. The maximum absolute atomic E-state index is 13.1. The molecule has 0 unspecified atom stereocenters. The van der Waals surface area contributed by atoms with Crippen molar-refractivity contribution in [2.24, 2.45) is 0 Å². The average molecular weight is 510 g/mol. The number of hydrogen-bond donors (Lipinski definition) is 2. The second-order valence-corrected chi connectivity index (χ2v) is 9.74. The van der Waals surface area contributed by atoms with Crippen LogP contribution in [0.25, 0.3) is 5.69 Å². The predicted octanol–water partition coefficient (Wildman–Crippen LogP) is 5.66. The Morgan fingerprint density at radius 1 is 1.03 bits per heavy atom. The van der Waals surface area contributed by atoms with Gasteiger partial charge in [-0.05, 0) is 86.1 Å². The minimum absolute atomic E-state index is 0.119. The van der Waals surface area contributed by atoms with Crippen molar-refractivity contribution < 1.29 is 4.79 Å². The number of hydrogen-bond acceptors (Lipinski definition) is 3. The molecule has 1 fully saturated rings. The second kappa shape index (κ2) is 10.6. The number of pyridine rings is 1. The Hall–Kier alpha value is -3.97. The maximum atomic E-state index is 13.1. The van der Waals surface area contributed by atoms with Crippen molar-refractivity contribution >= 4 is 28.9 Å². The van der Waals surface area contributed by atoms with E-state index in [0.29, 0.717) is 5.11 Å². The van der Waals surface area contributed by atoms with E-state index in [9.17, 15) is 4.79 Å². The first-order valence-corrected chi connectivity index (χ1v) is 13.0. The number of carbonyl (C=O) groups excluding carboxylic acids is 1. The molecule has 0 spiro atoms. The van der Waals surface area contributed by atoms with Gasteiger partial charge < -0.3 is 20.1 Å². The maximum Gasteiger partial charge on any atom is 0.244 e. The lowest BCUT2D eigenvalue weighted by molar-refractivity contribution is -0.116. The highest BCUT2D eigenvalue weighted by molar-refractivity contribution is 7.80. The van der Waals surface area contributed by atoms with Crippen molar-refractivity contribution in [2.45, 2.75) is 39.3 Å². The molecule has 7 heteroatoms. The van der Waals surface area contributed by atoms with Gasteiger partial charge in [0.05, 0.1) is 17.8 Å². The Morgan fingerprint density at radius 3 is 2.43 bits per heavy atom. The Balaban J connectivity index is 1.53. The number of nitrogens with zero attached hydrogens (tertiary/aromatic N) is 3. The zero-order valence-electron chi connectivity index (χ0n) is 21.3. The first-order valence-electron chi connectivity index (χ1n) is 12.6. The lowest BCUT2D eigenvalue weighted by Gasteiger charge is -2.27.